The summed E-state index contributed by atoms with van der Waals surface area (Å²) in [6.07, 6.45) is 2.49. The number of benzene rings is 2. The minimum absolute atomic E-state index is 0. The Labute approximate surface area is 238 Å². The summed E-state index contributed by atoms with van der Waals surface area (Å²) in [6.45, 7) is 13.7. The minimum Gasteiger partial charge on any atom is -0.478 e. The average molecular weight is 568 g/mol. The van der Waals surface area contributed by atoms with Gasteiger partial charge in [-0.05, 0) is 93.8 Å². The van der Waals surface area contributed by atoms with E-state index in [2.05, 4.69) is 37.5 Å². The van der Waals surface area contributed by atoms with E-state index in [-0.39, 0.29) is 41.7 Å². The first-order chi connectivity index (χ1) is 17.3. The number of hydrogen-bond donors (Lipinski definition) is 2. The minimum atomic E-state index is -1.10. The number of rotatable bonds is 14. The van der Waals surface area contributed by atoms with E-state index in [0.717, 1.165) is 45.7 Å². The second-order valence-electron chi connectivity index (χ2n) is 9.24. The molecule has 210 valence electrons. The average Bonchev–Trinajstić information content (AvgIpc) is 3.15. The van der Waals surface area contributed by atoms with Crippen molar-refractivity contribution >= 4 is 42.5 Å². The van der Waals surface area contributed by atoms with Crippen LogP contribution < -0.4 is 0 Å². The van der Waals surface area contributed by atoms with E-state index in [4.69, 9.17) is 0 Å². The van der Waals surface area contributed by atoms with E-state index >= 15 is 0 Å². The van der Waals surface area contributed by atoms with Crippen LogP contribution in [-0.4, -0.2) is 77.0 Å². The van der Waals surface area contributed by atoms with Crippen molar-refractivity contribution in [1.29, 1.82) is 0 Å². The fourth-order valence-electron chi connectivity index (χ4n) is 5.37. The molecule has 0 bridgehead atoms. The van der Waals surface area contributed by atoms with Gasteiger partial charge in [0, 0.05) is 16.7 Å². The fraction of sp³-hybridized carbons (Fsp3) is 0.483. The molecule has 0 amide bonds. The standard InChI is InChI=1S/C29H38N2O5.2ClH/c1-5-30(6-2)16-10-12-19-18-23-25-21(13-9-14-22(25)28(33)34)27(32)26(23)20(24(19)29(35)36)15-11-17-31(7-3)8-4;;/h9,13-14,18H,5-8,10-12,15-17H2,1-4H3,(H,33,34)(H,35,36);2*1H. The van der Waals surface area contributed by atoms with Crippen LogP contribution in [0.5, 0.6) is 0 Å². The number of aromatic carboxylic acids is 2. The van der Waals surface area contributed by atoms with Crippen molar-refractivity contribution in [1.82, 2.24) is 9.80 Å². The van der Waals surface area contributed by atoms with Gasteiger partial charge in [-0.25, -0.2) is 9.59 Å². The van der Waals surface area contributed by atoms with Gasteiger partial charge in [0.2, 0.25) is 0 Å². The molecule has 2 aromatic rings. The van der Waals surface area contributed by atoms with Gasteiger partial charge >= 0.3 is 11.9 Å². The third-order valence-corrected chi connectivity index (χ3v) is 7.37. The lowest BCUT2D eigenvalue weighted by molar-refractivity contribution is 0.0684. The highest BCUT2D eigenvalue weighted by atomic mass is 35.5. The number of fused-ring (bicyclic) bond motifs is 3. The van der Waals surface area contributed by atoms with Crippen LogP contribution in [0.15, 0.2) is 24.3 Å². The molecule has 3 rings (SSSR count). The first kappa shape index (κ1) is 33.6. The lowest BCUT2D eigenvalue weighted by Crippen LogP contribution is -2.25. The van der Waals surface area contributed by atoms with Crippen LogP contribution in [0.1, 0.15) is 88.3 Å². The van der Waals surface area contributed by atoms with Crippen molar-refractivity contribution in [3.8, 4) is 11.1 Å². The highest BCUT2D eigenvalue weighted by Gasteiger charge is 2.35. The van der Waals surface area contributed by atoms with Crippen molar-refractivity contribution in [2.24, 2.45) is 0 Å². The molecule has 0 aliphatic heterocycles. The maximum absolute atomic E-state index is 13.6. The van der Waals surface area contributed by atoms with E-state index < -0.39 is 11.9 Å². The Morgan fingerprint density at radius 2 is 1.32 bits per heavy atom. The van der Waals surface area contributed by atoms with E-state index in [1.165, 1.54) is 6.07 Å². The molecule has 0 saturated heterocycles. The predicted molar refractivity (Wildman–Crippen MR) is 156 cm³/mol. The maximum Gasteiger partial charge on any atom is 0.336 e. The van der Waals surface area contributed by atoms with Crippen LogP contribution >= 0.6 is 24.8 Å². The summed E-state index contributed by atoms with van der Waals surface area (Å²) in [5.41, 5.74) is 3.19. The summed E-state index contributed by atoms with van der Waals surface area (Å²) < 4.78 is 0. The van der Waals surface area contributed by atoms with Crippen LogP contribution in [0.25, 0.3) is 11.1 Å². The molecule has 0 fully saturated rings. The van der Waals surface area contributed by atoms with Gasteiger partial charge in [0.25, 0.3) is 0 Å². The number of aryl methyl sites for hydroxylation is 1. The van der Waals surface area contributed by atoms with Gasteiger partial charge in [-0.3, -0.25) is 4.79 Å². The number of carbonyl (C=O) groups is 3. The number of halogens is 2. The fourth-order valence-corrected chi connectivity index (χ4v) is 5.37. The molecule has 7 nitrogen and oxygen atoms in total. The topological polar surface area (TPSA) is 98.2 Å². The van der Waals surface area contributed by atoms with Crippen LogP contribution in [0, 0.1) is 0 Å². The molecule has 2 aromatic carbocycles. The lowest BCUT2D eigenvalue weighted by Gasteiger charge is -2.21. The second-order valence-corrected chi connectivity index (χ2v) is 9.24. The Balaban J connectivity index is 0.00000361. The van der Waals surface area contributed by atoms with E-state index in [0.29, 0.717) is 52.6 Å². The summed E-state index contributed by atoms with van der Waals surface area (Å²) >= 11 is 0. The summed E-state index contributed by atoms with van der Waals surface area (Å²) in [6, 6.07) is 6.50. The van der Waals surface area contributed by atoms with Gasteiger partial charge in [-0.15, -0.1) is 24.8 Å². The zero-order valence-corrected chi connectivity index (χ0v) is 24.3. The number of carbonyl (C=O) groups excluding carboxylic acids is 1. The van der Waals surface area contributed by atoms with Crippen molar-refractivity contribution < 1.29 is 24.6 Å². The second kappa shape index (κ2) is 15.2. The van der Waals surface area contributed by atoms with Gasteiger partial charge in [0.15, 0.2) is 5.78 Å². The molecule has 0 heterocycles. The van der Waals surface area contributed by atoms with Gasteiger partial charge in [0.1, 0.15) is 0 Å². The Morgan fingerprint density at radius 3 is 1.82 bits per heavy atom. The molecule has 1 aliphatic rings. The van der Waals surface area contributed by atoms with E-state index in [1.807, 2.05) is 0 Å². The highest BCUT2D eigenvalue weighted by Crippen LogP contribution is 2.43. The van der Waals surface area contributed by atoms with Gasteiger partial charge in [-0.1, -0.05) is 39.8 Å². The van der Waals surface area contributed by atoms with Gasteiger partial charge in [0.05, 0.1) is 11.1 Å². The molecule has 0 aromatic heterocycles. The number of hydrogen-bond acceptors (Lipinski definition) is 5. The third kappa shape index (κ3) is 6.94. The monoisotopic (exact) mass is 566 g/mol. The first-order valence-electron chi connectivity index (χ1n) is 13.1. The zero-order chi connectivity index (χ0) is 26.4. The molecule has 2 N–H and O–H groups in total. The molecular weight excluding hydrogens is 527 g/mol. The molecule has 0 spiro atoms. The maximum atomic E-state index is 13.6. The Hall–Kier alpha value is -2.45. The lowest BCUT2D eigenvalue weighted by atomic mass is 9.86. The van der Waals surface area contributed by atoms with Crippen molar-refractivity contribution in [2.45, 2.75) is 53.4 Å². The number of carboxylic acid groups (broad SMARTS) is 2. The predicted octanol–water partition coefficient (Wildman–Crippen LogP) is 5.69. The molecular formula is C29H40Cl2N2O5. The SMILES string of the molecule is CCN(CC)CCCc1cc2c(c(CCCN(CC)CC)c1C(=O)O)C(=O)c1cccc(C(=O)O)c1-2.Cl.Cl. The largest absolute Gasteiger partial charge is 0.478 e. The van der Waals surface area contributed by atoms with Crippen LogP contribution in [0.4, 0.5) is 0 Å². The van der Waals surface area contributed by atoms with Crippen molar-refractivity contribution in [2.75, 3.05) is 39.3 Å². The van der Waals surface area contributed by atoms with Gasteiger partial charge in [-0.2, -0.15) is 0 Å². The summed E-state index contributed by atoms with van der Waals surface area (Å²) in [4.78, 5) is 42.7. The normalized spacial score (nSPS) is 11.7. The Bertz CT molecular complexity index is 1140. The van der Waals surface area contributed by atoms with Crippen molar-refractivity contribution in [3.05, 3.63) is 57.6 Å². The van der Waals surface area contributed by atoms with Crippen LogP contribution in [0.2, 0.25) is 0 Å². The summed E-state index contributed by atoms with van der Waals surface area (Å²) in [5, 5.41) is 20.1. The quantitative estimate of drug-likeness (QED) is 0.258. The molecule has 0 saturated carbocycles. The first-order valence-corrected chi connectivity index (χ1v) is 13.1. The molecule has 0 unspecified atom stereocenters. The van der Waals surface area contributed by atoms with E-state index in [1.54, 1.807) is 18.2 Å². The van der Waals surface area contributed by atoms with Crippen LogP contribution in [-0.2, 0) is 12.8 Å². The Morgan fingerprint density at radius 1 is 0.763 bits per heavy atom. The number of ketones is 1. The summed E-state index contributed by atoms with van der Waals surface area (Å²) in [5.74, 6) is -2.41. The smallest absolute Gasteiger partial charge is 0.336 e. The van der Waals surface area contributed by atoms with E-state index in [9.17, 15) is 24.6 Å². The van der Waals surface area contributed by atoms with Gasteiger partial charge < -0.3 is 20.0 Å². The molecule has 0 atom stereocenters. The third-order valence-electron chi connectivity index (χ3n) is 7.37. The highest BCUT2D eigenvalue weighted by molar-refractivity contribution is 6.25. The van der Waals surface area contributed by atoms with Crippen molar-refractivity contribution in [3.63, 3.8) is 0 Å². The number of nitrogens with zero attached hydrogens (tertiary/aromatic N) is 2. The Kier molecular flexibility index (Phi) is 13.4. The zero-order valence-electron chi connectivity index (χ0n) is 22.7. The molecule has 9 heteroatoms. The summed E-state index contributed by atoms with van der Waals surface area (Å²) in [7, 11) is 0. The molecule has 0 radical (unpaired) electrons. The number of carboxylic acids is 2. The van der Waals surface area contributed by atoms with Crippen LogP contribution in [0.3, 0.4) is 0 Å². The molecule has 1 aliphatic carbocycles. The molecule has 38 heavy (non-hydrogen) atoms.